The van der Waals surface area contributed by atoms with Crippen molar-refractivity contribution < 1.29 is 4.74 Å². The molecule has 0 fully saturated rings. The molecule has 56 valence electrons. The molecule has 0 aromatic rings. The number of nitrogens with one attached hydrogen (secondary N) is 1. The van der Waals surface area contributed by atoms with Gasteiger partial charge in [-0.2, -0.15) is 0 Å². The molecule has 0 aliphatic carbocycles. The van der Waals surface area contributed by atoms with E-state index in [4.69, 9.17) is 4.74 Å². The quantitative estimate of drug-likeness (QED) is 0.569. The smallest absolute Gasteiger partial charge is 0.107 e. The van der Waals surface area contributed by atoms with Crippen LogP contribution in [0.2, 0.25) is 0 Å². The lowest BCUT2D eigenvalue weighted by atomic mass is 10.3. The molecule has 1 atom stereocenters. The van der Waals surface area contributed by atoms with E-state index in [1.807, 2.05) is 0 Å². The first-order valence-electron chi connectivity index (χ1n) is 3.61. The van der Waals surface area contributed by atoms with Gasteiger partial charge in [-0.3, -0.25) is 5.32 Å². The van der Waals surface area contributed by atoms with Crippen molar-refractivity contribution in [1.82, 2.24) is 5.32 Å². The Morgan fingerprint density at radius 3 is 2.44 bits per heavy atom. The van der Waals surface area contributed by atoms with Crippen molar-refractivity contribution in [3.63, 3.8) is 0 Å². The van der Waals surface area contributed by atoms with Crippen LogP contribution in [0.4, 0.5) is 0 Å². The van der Waals surface area contributed by atoms with Crippen LogP contribution < -0.4 is 5.32 Å². The molecule has 1 unspecified atom stereocenters. The first-order valence-corrected chi connectivity index (χ1v) is 3.61. The molecule has 0 heterocycles. The maximum Gasteiger partial charge on any atom is 0.107 e. The van der Waals surface area contributed by atoms with Gasteiger partial charge >= 0.3 is 0 Å². The number of rotatable bonds is 5. The molecule has 0 aromatic heterocycles. The molecule has 0 rings (SSSR count). The van der Waals surface area contributed by atoms with E-state index < -0.39 is 0 Å². The van der Waals surface area contributed by atoms with Gasteiger partial charge in [-0.1, -0.05) is 20.3 Å². The largest absolute Gasteiger partial charge is 0.367 e. The molecule has 0 amide bonds. The monoisotopic (exact) mass is 131 g/mol. The normalized spacial score (nSPS) is 13.7. The van der Waals surface area contributed by atoms with Crippen molar-refractivity contribution in [2.75, 3.05) is 13.7 Å². The van der Waals surface area contributed by atoms with E-state index in [9.17, 15) is 0 Å². The van der Waals surface area contributed by atoms with Crippen molar-refractivity contribution in [2.45, 2.75) is 32.9 Å². The summed E-state index contributed by atoms with van der Waals surface area (Å²) in [6.07, 6.45) is 2.54. The van der Waals surface area contributed by atoms with Crippen LogP contribution in [-0.2, 0) is 4.74 Å². The predicted molar refractivity (Wildman–Crippen MR) is 39.4 cm³/mol. The Labute approximate surface area is 57.6 Å². The van der Waals surface area contributed by atoms with Gasteiger partial charge in [0.05, 0.1) is 0 Å². The fraction of sp³-hybridized carbons (Fsp3) is 1.00. The lowest BCUT2D eigenvalue weighted by Crippen LogP contribution is -2.30. The van der Waals surface area contributed by atoms with Gasteiger partial charge in [-0.15, -0.1) is 0 Å². The van der Waals surface area contributed by atoms with Gasteiger partial charge in [0.15, 0.2) is 0 Å². The van der Waals surface area contributed by atoms with Gasteiger partial charge in [-0.25, -0.2) is 0 Å². The van der Waals surface area contributed by atoms with Gasteiger partial charge in [0, 0.05) is 7.11 Å². The highest BCUT2D eigenvalue weighted by Crippen LogP contribution is 1.95. The second-order valence-electron chi connectivity index (χ2n) is 2.07. The summed E-state index contributed by atoms with van der Waals surface area (Å²) in [6.45, 7) is 5.23. The van der Waals surface area contributed by atoms with Crippen molar-refractivity contribution in [3.05, 3.63) is 0 Å². The second-order valence-corrected chi connectivity index (χ2v) is 2.07. The SMILES string of the molecule is CCCC(NCC)OC. The number of hydrogen-bond acceptors (Lipinski definition) is 2. The predicted octanol–water partition coefficient (Wildman–Crippen LogP) is 1.37. The maximum absolute atomic E-state index is 5.12. The van der Waals surface area contributed by atoms with Crippen molar-refractivity contribution in [2.24, 2.45) is 0 Å². The Morgan fingerprint density at radius 1 is 1.44 bits per heavy atom. The van der Waals surface area contributed by atoms with Gasteiger partial charge < -0.3 is 4.74 Å². The highest BCUT2D eigenvalue weighted by atomic mass is 16.5. The third-order valence-corrected chi connectivity index (χ3v) is 1.27. The molecule has 9 heavy (non-hydrogen) atoms. The van der Waals surface area contributed by atoms with Crippen LogP contribution in [0.15, 0.2) is 0 Å². The minimum atomic E-state index is 0.264. The van der Waals surface area contributed by atoms with E-state index in [0.717, 1.165) is 13.0 Å². The van der Waals surface area contributed by atoms with E-state index >= 15 is 0 Å². The molecule has 0 radical (unpaired) electrons. The van der Waals surface area contributed by atoms with Crippen LogP contribution in [0.25, 0.3) is 0 Å². The summed E-state index contributed by atoms with van der Waals surface area (Å²) in [5.41, 5.74) is 0. The van der Waals surface area contributed by atoms with E-state index in [1.165, 1.54) is 6.42 Å². The number of hydrogen-bond donors (Lipinski definition) is 1. The molecule has 2 heteroatoms. The van der Waals surface area contributed by atoms with Crippen molar-refractivity contribution in [1.29, 1.82) is 0 Å². The summed E-state index contributed by atoms with van der Waals surface area (Å²) in [7, 11) is 1.74. The Kier molecular flexibility index (Phi) is 5.99. The first-order chi connectivity index (χ1) is 4.35. The number of methoxy groups -OCH3 is 1. The van der Waals surface area contributed by atoms with Crippen molar-refractivity contribution in [3.8, 4) is 0 Å². The van der Waals surface area contributed by atoms with E-state index in [1.54, 1.807) is 7.11 Å². The van der Waals surface area contributed by atoms with Crippen LogP contribution in [0, 0.1) is 0 Å². The molecule has 0 aromatic carbocycles. The van der Waals surface area contributed by atoms with Crippen molar-refractivity contribution >= 4 is 0 Å². The van der Waals surface area contributed by atoms with E-state index in [-0.39, 0.29) is 6.23 Å². The molecule has 1 N–H and O–H groups in total. The summed E-state index contributed by atoms with van der Waals surface area (Å²) in [5.74, 6) is 0. The Bertz CT molecular complexity index is 50.9. The minimum absolute atomic E-state index is 0.264. The highest BCUT2D eigenvalue weighted by molar-refractivity contribution is 4.50. The Hall–Kier alpha value is -0.0800. The average molecular weight is 131 g/mol. The molecule has 0 saturated heterocycles. The average Bonchev–Trinajstić information content (AvgIpc) is 1.88. The minimum Gasteiger partial charge on any atom is -0.367 e. The van der Waals surface area contributed by atoms with E-state index in [2.05, 4.69) is 19.2 Å². The molecular formula is C7H17NO. The van der Waals surface area contributed by atoms with Gasteiger partial charge in [-0.05, 0) is 13.0 Å². The summed E-state index contributed by atoms with van der Waals surface area (Å²) < 4.78 is 5.12. The van der Waals surface area contributed by atoms with Crippen LogP contribution in [0.3, 0.4) is 0 Å². The van der Waals surface area contributed by atoms with Crippen LogP contribution in [0.5, 0.6) is 0 Å². The summed E-state index contributed by atoms with van der Waals surface area (Å²) in [4.78, 5) is 0. The molecular weight excluding hydrogens is 114 g/mol. The van der Waals surface area contributed by atoms with Gasteiger partial charge in [0.2, 0.25) is 0 Å². The zero-order chi connectivity index (χ0) is 7.11. The third-order valence-electron chi connectivity index (χ3n) is 1.27. The lowest BCUT2D eigenvalue weighted by molar-refractivity contribution is 0.0679. The third kappa shape index (κ3) is 4.43. The van der Waals surface area contributed by atoms with Gasteiger partial charge in [0.1, 0.15) is 6.23 Å². The molecule has 0 saturated carbocycles. The molecule has 0 aliphatic rings. The molecule has 0 bridgehead atoms. The second kappa shape index (κ2) is 6.05. The summed E-state index contributed by atoms with van der Waals surface area (Å²) >= 11 is 0. The number of ether oxygens (including phenoxy) is 1. The Morgan fingerprint density at radius 2 is 2.11 bits per heavy atom. The van der Waals surface area contributed by atoms with Crippen LogP contribution in [-0.4, -0.2) is 19.9 Å². The summed E-state index contributed by atoms with van der Waals surface area (Å²) in [5, 5.41) is 3.21. The fourth-order valence-electron chi connectivity index (χ4n) is 0.793. The van der Waals surface area contributed by atoms with Crippen LogP contribution in [0.1, 0.15) is 26.7 Å². The van der Waals surface area contributed by atoms with Crippen LogP contribution >= 0.6 is 0 Å². The lowest BCUT2D eigenvalue weighted by Gasteiger charge is -2.13. The maximum atomic E-state index is 5.12. The van der Waals surface area contributed by atoms with E-state index in [0.29, 0.717) is 0 Å². The van der Waals surface area contributed by atoms with Gasteiger partial charge in [0.25, 0.3) is 0 Å². The topological polar surface area (TPSA) is 21.3 Å². The fourth-order valence-corrected chi connectivity index (χ4v) is 0.793. The Balaban J connectivity index is 3.18. The molecule has 2 nitrogen and oxygen atoms in total. The zero-order valence-corrected chi connectivity index (χ0v) is 6.61. The highest BCUT2D eigenvalue weighted by Gasteiger charge is 2.00. The molecule has 0 aliphatic heterocycles. The first kappa shape index (κ1) is 8.92. The molecule has 0 spiro atoms. The summed E-state index contributed by atoms with van der Waals surface area (Å²) in [6, 6.07) is 0. The standard InChI is InChI=1S/C7H17NO/c1-4-6-7(9-3)8-5-2/h7-8H,4-6H2,1-3H3. The zero-order valence-electron chi connectivity index (χ0n) is 6.61.